The molecule has 1 atom stereocenters. The molecular weight excluding hydrogens is 269 g/mol. The Morgan fingerprint density at radius 3 is 2.81 bits per heavy atom. The molecule has 0 amide bonds. The summed E-state index contributed by atoms with van der Waals surface area (Å²) in [7, 11) is 0. The Labute approximate surface area is 121 Å². The second-order valence-corrected chi connectivity index (χ2v) is 5.08. The summed E-state index contributed by atoms with van der Waals surface area (Å²) in [5.74, 6) is 0.321. The molecule has 0 aliphatic heterocycles. The molecule has 0 spiro atoms. The highest BCUT2D eigenvalue weighted by Gasteiger charge is 2.12. The van der Waals surface area contributed by atoms with Crippen LogP contribution >= 0.6 is 0 Å². The molecular formula is C16H16FN3O. The molecule has 4 nitrogen and oxygen atoms in total. The van der Waals surface area contributed by atoms with E-state index in [0.29, 0.717) is 5.75 Å². The zero-order chi connectivity index (χ0) is 15.0. The summed E-state index contributed by atoms with van der Waals surface area (Å²) in [6.07, 6.45) is 3.47. The number of aromatic amines is 1. The van der Waals surface area contributed by atoms with Gasteiger partial charge in [0.05, 0.1) is 5.39 Å². The molecule has 2 aromatic heterocycles. The number of hydrogen-bond acceptors (Lipinski definition) is 3. The van der Waals surface area contributed by atoms with Crippen LogP contribution in [0.5, 0.6) is 11.5 Å². The third-order valence-electron chi connectivity index (χ3n) is 3.43. The van der Waals surface area contributed by atoms with Crippen LogP contribution < -0.4 is 10.5 Å². The second kappa shape index (κ2) is 5.18. The first-order chi connectivity index (χ1) is 10.1. The number of aryl methyl sites for hydroxylation is 1. The van der Waals surface area contributed by atoms with Crippen molar-refractivity contribution in [2.45, 2.75) is 19.9 Å². The standard InChI is InChI=1S/C16H16FN3O/c1-9-8-20-16-15(9)14(5-6-19-16)21-13-4-3-11(10(2)18)7-12(13)17/h3-8,10H,18H2,1-2H3,(H,19,20). The molecule has 108 valence electrons. The SMILES string of the molecule is Cc1c[nH]c2nccc(Oc3ccc(C(C)N)cc3F)c12. The van der Waals surface area contributed by atoms with Gasteiger partial charge in [-0.1, -0.05) is 6.07 Å². The summed E-state index contributed by atoms with van der Waals surface area (Å²) in [5.41, 5.74) is 8.20. The molecule has 0 saturated carbocycles. The van der Waals surface area contributed by atoms with Crippen LogP contribution in [0.15, 0.2) is 36.7 Å². The molecule has 0 bridgehead atoms. The van der Waals surface area contributed by atoms with Crippen molar-refractivity contribution in [1.82, 2.24) is 9.97 Å². The Balaban J connectivity index is 2.01. The van der Waals surface area contributed by atoms with Gasteiger partial charge in [-0.15, -0.1) is 0 Å². The second-order valence-electron chi connectivity index (χ2n) is 5.08. The molecule has 0 aliphatic carbocycles. The van der Waals surface area contributed by atoms with Gasteiger partial charge in [0.2, 0.25) is 0 Å². The average Bonchev–Trinajstić information content (AvgIpc) is 2.83. The summed E-state index contributed by atoms with van der Waals surface area (Å²) in [6, 6.07) is 6.28. The number of halogens is 1. The van der Waals surface area contributed by atoms with Crippen molar-refractivity contribution in [3.63, 3.8) is 0 Å². The molecule has 1 unspecified atom stereocenters. The Morgan fingerprint density at radius 1 is 1.29 bits per heavy atom. The molecule has 0 fully saturated rings. The number of pyridine rings is 1. The smallest absolute Gasteiger partial charge is 0.166 e. The maximum absolute atomic E-state index is 14.1. The van der Waals surface area contributed by atoms with Crippen molar-refractivity contribution < 1.29 is 9.13 Å². The summed E-state index contributed by atoms with van der Waals surface area (Å²) in [4.78, 5) is 7.27. The Hall–Kier alpha value is -2.40. The van der Waals surface area contributed by atoms with E-state index >= 15 is 0 Å². The van der Waals surface area contributed by atoms with E-state index in [1.165, 1.54) is 6.07 Å². The van der Waals surface area contributed by atoms with Crippen LogP contribution in [0.3, 0.4) is 0 Å². The van der Waals surface area contributed by atoms with Gasteiger partial charge in [-0.2, -0.15) is 0 Å². The van der Waals surface area contributed by atoms with Crippen LogP contribution in [-0.2, 0) is 0 Å². The van der Waals surface area contributed by atoms with Crippen LogP contribution in [0.2, 0.25) is 0 Å². The fraction of sp³-hybridized carbons (Fsp3) is 0.188. The third-order valence-corrected chi connectivity index (χ3v) is 3.43. The molecule has 3 rings (SSSR count). The summed E-state index contributed by atoms with van der Waals surface area (Å²) < 4.78 is 19.8. The van der Waals surface area contributed by atoms with Crippen LogP contribution in [0, 0.1) is 12.7 Å². The fourth-order valence-corrected chi connectivity index (χ4v) is 2.27. The van der Waals surface area contributed by atoms with Gasteiger partial charge in [-0.25, -0.2) is 9.37 Å². The molecule has 3 N–H and O–H groups in total. The largest absolute Gasteiger partial charge is 0.453 e. The molecule has 5 heteroatoms. The van der Waals surface area contributed by atoms with Crippen molar-refractivity contribution in [3.05, 3.63) is 53.6 Å². The van der Waals surface area contributed by atoms with Gasteiger partial charge >= 0.3 is 0 Å². The van der Waals surface area contributed by atoms with Gasteiger partial charge in [0.15, 0.2) is 11.6 Å². The van der Waals surface area contributed by atoms with Crippen molar-refractivity contribution >= 4 is 11.0 Å². The van der Waals surface area contributed by atoms with Gasteiger partial charge in [0.25, 0.3) is 0 Å². The minimum Gasteiger partial charge on any atom is -0.453 e. The van der Waals surface area contributed by atoms with Gasteiger partial charge < -0.3 is 15.5 Å². The van der Waals surface area contributed by atoms with Crippen LogP contribution in [0.1, 0.15) is 24.1 Å². The molecule has 0 saturated heterocycles. The topological polar surface area (TPSA) is 63.9 Å². The summed E-state index contributed by atoms with van der Waals surface area (Å²) in [5, 5.41) is 0.855. The van der Waals surface area contributed by atoms with E-state index in [-0.39, 0.29) is 11.8 Å². The van der Waals surface area contributed by atoms with E-state index in [1.54, 1.807) is 24.4 Å². The van der Waals surface area contributed by atoms with Crippen molar-refractivity contribution in [1.29, 1.82) is 0 Å². The molecule has 21 heavy (non-hydrogen) atoms. The maximum Gasteiger partial charge on any atom is 0.166 e. The van der Waals surface area contributed by atoms with Gasteiger partial charge in [-0.05, 0) is 43.2 Å². The third kappa shape index (κ3) is 2.48. The van der Waals surface area contributed by atoms with E-state index in [1.807, 2.05) is 20.0 Å². The number of aromatic nitrogens is 2. The molecule has 3 aromatic rings. The summed E-state index contributed by atoms with van der Waals surface area (Å²) >= 11 is 0. The lowest BCUT2D eigenvalue weighted by atomic mass is 10.1. The van der Waals surface area contributed by atoms with Crippen LogP contribution in [-0.4, -0.2) is 9.97 Å². The Morgan fingerprint density at radius 2 is 2.10 bits per heavy atom. The van der Waals surface area contributed by atoms with Crippen LogP contribution in [0.4, 0.5) is 4.39 Å². The minimum absolute atomic E-state index is 0.174. The first kappa shape index (κ1) is 13.6. The predicted octanol–water partition coefficient (Wildman–Crippen LogP) is 3.82. The molecule has 0 radical (unpaired) electrons. The average molecular weight is 285 g/mol. The number of rotatable bonds is 3. The number of nitrogens with two attached hydrogens (primary N) is 1. The molecule has 2 heterocycles. The number of fused-ring (bicyclic) bond motifs is 1. The predicted molar refractivity (Wildman–Crippen MR) is 79.9 cm³/mol. The summed E-state index contributed by atoms with van der Waals surface area (Å²) in [6.45, 7) is 3.76. The van der Waals surface area contributed by atoms with Gasteiger partial charge in [-0.3, -0.25) is 0 Å². The number of ether oxygens (including phenoxy) is 1. The first-order valence-electron chi connectivity index (χ1n) is 6.72. The van der Waals surface area contributed by atoms with Gasteiger partial charge in [0.1, 0.15) is 11.4 Å². The van der Waals surface area contributed by atoms with Crippen LogP contribution in [0.25, 0.3) is 11.0 Å². The number of nitrogens with zero attached hydrogens (tertiary/aromatic N) is 1. The lowest BCUT2D eigenvalue weighted by molar-refractivity contribution is 0.445. The maximum atomic E-state index is 14.1. The Bertz CT molecular complexity index is 795. The quantitative estimate of drug-likeness (QED) is 0.769. The first-order valence-corrected chi connectivity index (χ1v) is 6.72. The van der Waals surface area contributed by atoms with Crippen molar-refractivity contribution in [2.24, 2.45) is 5.73 Å². The fourth-order valence-electron chi connectivity index (χ4n) is 2.27. The number of benzene rings is 1. The minimum atomic E-state index is -0.428. The lowest BCUT2D eigenvalue weighted by Crippen LogP contribution is -2.05. The van der Waals surface area contributed by atoms with E-state index in [9.17, 15) is 4.39 Å². The van der Waals surface area contributed by atoms with Gasteiger partial charge in [0, 0.05) is 18.4 Å². The highest BCUT2D eigenvalue weighted by atomic mass is 19.1. The zero-order valence-electron chi connectivity index (χ0n) is 11.9. The van der Waals surface area contributed by atoms with E-state index < -0.39 is 5.82 Å². The molecule has 1 aromatic carbocycles. The highest BCUT2D eigenvalue weighted by Crippen LogP contribution is 2.32. The highest BCUT2D eigenvalue weighted by molar-refractivity contribution is 5.86. The monoisotopic (exact) mass is 285 g/mol. The Kier molecular flexibility index (Phi) is 3.35. The van der Waals surface area contributed by atoms with Crippen molar-refractivity contribution in [2.75, 3.05) is 0 Å². The zero-order valence-corrected chi connectivity index (χ0v) is 11.9. The number of H-pyrrole nitrogens is 1. The number of nitrogens with one attached hydrogen (secondary N) is 1. The van der Waals surface area contributed by atoms with E-state index in [4.69, 9.17) is 10.5 Å². The normalized spacial score (nSPS) is 12.6. The van der Waals surface area contributed by atoms with Crippen molar-refractivity contribution in [3.8, 4) is 11.5 Å². The number of hydrogen-bond donors (Lipinski definition) is 2. The van der Waals surface area contributed by atoms with E-state index in [2.05, 4.69) is 9.97 Å². The van der Waals surface area contributed by atoms with E-state index in [0.717, 1.165) is 22.2 Å². The molecule has 0 aliphatic rings. The lowest BCUT2D eigenvalue weighted by Gasteiger charge is -2.11.